The van der Waals surface area contributed by atoms with Crippen LogP contribution in [-0.4, -0.2) is 40.0 Å². The van der Waals surface area contributed by atoms with E-state index in [1.54, 1.807) is 12.4 Å². The second-order valence-electron chi connectivity index (χ2n) is 2.58. The van der Waals surface area contributed by atoms with Crippen LogP contribution in [0.2, 0.25) is 0 Å². The Hall–Kier alpha value is -1.43. The summed E-state index contributed by atoms with van der Waals surface area (Å²) < 4.78 is 0. The molecule has 0 saturated carbocycles. The number of aromatic nitrogens is 1. The summed E-state index contributed by atoms with van der Waals surface area (Å²) in [6, 6.07) is 0. The first-order valence-corrected chi connectivity index (χ1v) is 4.92. The third-order valence-corrected chi connectivity index (χ3v) is 2.40. The first-order chi connectivity index (χ1) is 6.65. The molecule has 0 fully saturated rings. The maximum absolute atomic E-state index is 11.6. The minimum Gasteiger partial charge on any atom is -0.480 e. The van der Waals surface area contributed by atoms with Gasteiger partial charge >= 0.3 is 5.97 Å². The van der Waals surface area contributed by atoms with Crippen LogP contribution in [0.1, 0.15) is 16.6 Å². The van der Waals surface area contributed by atoms with Crippen LogP contribution in [0.25, 0.3) is 0 Å². The number of carbonyl (C=O) groups excluding carboxylic acids is 1. The lowest BCUT2D eigenvalue weighted by molar-refractivity contribution is -0.137. The number of rotatable bonds is 4. The first-order valence-electron chi connectivity index (χ1n) is 4.04. The summed E-state index contributed by atoms with van der Waals surface area (Å²) >= 11 is 1.21. The number of thiazole rings is 1. The summed E-state index contributed by atoms with van der Waals surface area (Å²) in [7, 11) is 0. The quantitative estimate of drug-likeness (QED) is 0.800. The molecule has 0 aliphatic carbocycles. The Balaban J connectivity index is 2.70. The second-order valence-corrected chi connectivity index (χ2v) is 3.47. The molecule has 1 aromatic rings. The van der Waals surface area contributed by atoms with E-state index in [1.807, 2.05) is 0 Å². The lowest BCUT2D eigenvalue weighted by Crippen LogP contribution is -2.34. The van der Waals surface area contributed by atoms with Crippen molar-refractivity contribution >= 4 is 23.2 Å². The highest BCUT2D eigenvalue weighted by Crippen LogP contribution is 2.09. The number of nitrogens with zero attached hydrogens (tertiary/aromatic N) is 2. The molecule has 0 aromatic carbocycles. The summed E-state index contributed by atoms with van der Waals surface area (Å²) in [5.41, 5.74) is 1.54. The van der Waals surface area contributed by atoms with Crippen LogP contribution < -0.4 is 0 Å². The minimum atomic E-state index is -1.01. The Morgan fingerprint density at radius 3 is 2.79 bits per heavy atom. The van der Waals surface area contributed by atoms with E-state index in [-0.39, 0.29) is 12.5 Å². The number of likely N-dealkylation sites (N-methyl/N-ethyl adjacent to an activating group) is 1. The highest BCUT2D eigenvalue weighted by molar-refractivity contribution is 7.11. The molecule has 1 rings (SSSR count). The summed E-state index contributed by atoms with van der Waals surface area (Å²) in [5, 5.41) is 8.56. The first kappa shape index (κ1) is 10.6. The number of carboxylic acids is 1. The summed E-state index contributed by atoms with van der Waals surface area (Å²) in [6.45, 7) is 1.85. The third kappa shape index (κ3) is 2.53. The predicted molar refractivity (Wildman–Crippen MR) is 51.3 cm³/mol. The Bertz CT molecular complexity index is 323. The number of hydrogen-bond acceptors (Lipinski definition) is 4. The van der Waals surface area contributed by atoms with E-state index in [2.05, 4.69) is 4.98 Å². The normalized spacial score (nSPS) is 9.79. The molecule has 1 aromatic heterocycles. The van der Waals surface area contributed by atoms with Gasteiger partial charge in [0.15, 0.2) is 0 Å². The number of hydrogen-bond donors (Lipinski definition) is 1. The summed E-state index contributed by atoms with van der Waals surface area (Å²) in [5.74, 6) is -1.29. The standard InChI is InChI=1S/C8H10N2O3S/c1-2-10(4-7(11)12)8(13)6-3-9-5-14-6/h3,5H,2,4H2,1H3,(H,11,12). The number of aliphatic carboxylic acids is 1. The number of amides is 1. The molecule has 0 aliphatic heterocycles. The largest absolute Gasteiger partial charge is 0.480 e. The minimum absolute atomic E-state index is 0.271. The van der Waals surface area contributed by atoms with Crippen molar-refractivity contribution in [1.82, 2.24) is 9.88 Å². The molecule has 0 bridgehead atoms. The van der Waals surface area contributed by atoms with E-state index in [4.69, 9.17) is 5.11 Å². The maximum atomic E-state index is 11.6. The van der Waals surface area contributed by atoms with Gasteiger partial charge in [0, 0.05) is 6.54 Å². The van der Waals surface area contributed by atoms with Gasteiger partial charge in [-0.25, -0.2) is 0 Å². The topological polar surface area (TPSA) is 70.5 Å². The third-order valence-electron chi connectivity index (χ3n) is 1.64. The van der Waals surface area contributed by atoms with Crippen molar-refractivity contribution < 1.29 is 14.7 Å². The average molecular weight is 214 g/mol. The van der Waals surface area contributed by atoms with Gasteiger partial charge in [0.05, 0.1) is 11.7 Å². The molecule has 1 N–H and O–H groups in total. The number of carbonyl (C=O) groups is 2. The highest BCUT2D eigenvalue weighted by atomic mass is 32.1. The maximum Gasteiger partial charge on any atom is 0.323 e. The van der Waals surface area contributed by atoms with Gasteiger partial charge in [0.25, 0.3) is 5.91 Å². The van der Waals surface area contributed by atoms with Gasteiger partial charge in [-0.1, -0.05) is 0 Å². The van der Waals surface area contributed by atoms with Gasteiger partial charge in [0.2, 0.25) is 0 Å². The fourth-order valence-electron chi connectivity index (χ4n) is 0.968. The van der Waals surface area contributed by atoms with Crippen molar-refractivity contribution in [2.24, 2.45) is 0 Å². The molecule has 0 aliphatic rings. The van der Waals surface area contributed by atoms with Gasteiger partial charge in [0.1, 0.15) is 11.4 Å². The fourth-order valence-corrected chi connectivity index (χ4v) is 1.55. The van der Waals surface area contributed by atoms with E-state index in [1.165, 1.54) is 22.4 Å². The van der Waals surface area contributed by atoms with Crippen molar-refractivity contribution in [3.05, 3.63) is 16.6 Å². The Labute approximate surface area is 85.0 Å². The SMILES string of the molecule is CCN(CC(=O)O)C(=O)c1cncs1. The van der Waals surface area contributed by atoms with Crippen molar-refractivity contribution in [1.29, 1.82) is 0 Å². The van der Waals surface area contributed by atoms with E-state index < -0.39 is 5.97 Å². The molecule has 1 heterocycles. The lowest BCUT2D eigenvalue weighted by atomic mass is 10.4. The molecule has 14 heavy (non-hydrogen) atoms. The Morgan fingerprint density at radius 1 is 1.64 bits per heavy atom. The molecule has 0 saturated heterocycles. The van der Waals surface area contributed by atoms with Gasteiger partial charge in [-0.3, -0.25) is 14.6 Å². The van der Waals surface area contributed by atoms with Crippen LogP contribution in [0.4, 0.5) is 0 Å². The zero-order chi connectivity index (χ0) is 10.6. The van der Waals surface area contributed by atoms with Crippen LogP contribution in [0.3, 0.4) is 0 Å². The van der Waals surface area contributed by atoms with Gasteiger partial charge < -0.3 is 10.0 Å². The van der Waals surface area contributed by atoms with Crippen LogP contribution in [0.5, 0.6) is 0 Å². The summed E-state index contributed by atoms with van der Waals surface area (Å²) in [4.78, 5) is 27.5. The fraction of sp³-hybridized carbons (Fsp3) is 0.375. The molecular weight excluding hydrogens is 204 g/mol. The smallest absolute Gasteiger partial charge is 0.323 e. The Morgan fingerprint density at radius 2 is 2.36 bits per heavy atom. The van der Waals surface area contributed by atoms with E-state index in [0.717, 1.165) is 0 Å². The molecule has 1 amide bonds. The monoisotopic (exact) mass is 214 g/mol. The van der Waals surface area contributed by atoms with Gasteiger partial charge in [-0.15, -0.1) is 11.3 Å². The van der Waals surface area contributed by atoms with E-state index >= 15 is 0 Å². The Kier molecular flexibility index (Phi) is 3.58. The zero-order valence-electron chi connectivity index (χ0n) is 7.64. The molecule has 0 atom stereocenters. The van der Waals surface area contributed by atoms with E-state index in [9.17, 15) is 9.59 Å². The van der Waals surface area contributed by atoms with Crippen LogP contribution in [0.15, 0.2) is 11.7 Å². The van der Waals surface area contributed by atoms with Crippen LogP contribution in [-0.2, 0) is 4.79 Å². The molecule has 6 heteroatoms. The molecule has 5 nitrogen and oxygen atoms in total. The molecule has 0 radical (unpaired) electrons. The van der Waals surface area contributed by atoms with Gasteiger partial charge in [-0.05, 0) is 6.92 Å². The van der Waals surface area contributed by atoms with Crippen molar-refractivity contribution in [3.63, 3.8) is 0 Å². The van der Waals surface area contributed by atoms with Crippen molar-refractivity contribution in [2.45, 2.75) is 6.92 Å². The molecule has 76 valence electrons. The highest BCUT2D eigenvalue weighted by Gasteiger charge is 2.17. The predicted octanol–water partition coefficient (Wildman–Crippen LogP) is 0.690. The van der Waals surface area contributed by atoms with E-state index in [0.29, 0.717) is 11.4 Å². The molecular formula is C8H10N2O3S. The van der Waals surface area contributed by atoms with Gasteiger partial charge in [-0.2, -0.15) is 0 Å². The second kappa shape index (κ2) is 4.71. The van der Waals surface area contributed by atoms with Crippen molar-refractivity contribution in [2.75, 3.05) is 13.1 Å². The lowest BCUT2D eigenvalue weighted by Gasteiger charge is -2.16. The summed E-state index contributed by atoms with van der Waals surface area (Å²) in [6.07, 6.45) is 1.44. The number of carboxylic acid groups (broad SMARTS) is 1. The van der Waals surface area contributed by atoms with Crippen molar-refractivity contribution in [3.8, 4) is 0 Å². The average Bonchev–Trinajstić information content (AvgIpc) is 2.65. The van der Waals surface area contributed by atoms with Crippen LogP contribution >= 0.6 is 11.3 Å². The zero-order valence-corrected chi connectivity index (χ0v) is 8.45. The van der Waals surface area contributed by atoms with Crippen LogP contribution in [0, 0.1) is 0 Å². The molecule has 0 spiro atoms. The molecule has 0 unspecified atom stereocenters.